The third-order valence-corrected chi connectivity index (χ3v) is 7.10. The van der Waals surface area contributed by atoms with Crippen molar-refractivity contribution < 1.29 is 23.5 Å². The first-order valence-electron chi connectivity index (χ1n) is 12.4. The van der Waals surface area contributed by atoms with Crippen LogP contribution in [0.2, 0.25) is 0 Å². The number of amides is 2. The Morgan fingerprint density at radius 1 is 0.946 bits per heavy atom. The largest absolute Gasteiger partial charge is 0.493 e. The SMILES string of the molecule is CCCCN(CC(=O)N(CCc1ccc(OC)c(OC)c1)Cc1ccc(C)s1)C(=O)c1ccccc1F. The Morgan fingerprint density at radius 3 is 2.35 bits per heavy atom. The van der Waals surface area contributed by atoms with Gasteiger partial charge in [0.1, 0.15) is 12.4 Å². The summed E-state index contributed by atoms with van der Waals surface area (Å²) in [6.45, 7) is 5.23. The molecule has 3 aromatic rings. The Morgan fingerprint density at radius 2 is 1.70 bits per heavy atom. The maximum Gasteiger partial charge on any atom is 0.257 e. The Kier molecular flexibility index (Phi) is 10.5. The summed E-state index contributed by atoms with van der Waals surface area (Å²) in [5.41, 5.74) is 0.986. The van der Waals surface area contributed by atoms with Crippen molar-refractivity contribution in [3.05, 3.63) is 81.3 Å². The average molecular weight is 527 g/mol. The molecule has 0 unspecified atom stereocenters. The topological polar surface area (TPSA) is 59.1 Å². The monoisotopic (exact) mass is 526 g/mol. The van der Waals surface area contributed by atoms with Crippen LogP contribution in [0.3, 0.4) is 0 Å². The van der Waals surface area contributed by atoms with E-state index in [-0.39, 0.29) is 18.0 Å². The number of rotatable bonds is 13. The summed E-state index contributed by atoms with van der Waals surface area (Å²) in [6, 6.07) is 15.7. The van der Waals surface area contributed by atoms with E-state index < -0.39 is 11.7 Å². The number of halogens is 1. The quantitative estimate of drug-likeness (QED) is 0.286. The molecule has 0 aliphatic carbocycles. The molecular formula is C29H35FN2O4S. The van der Waals surface area contributed by atoms with Gasteiger partial charge in [0, 0.05) is 22.8 Å². The van der Waals surface area contributed by atoms with Crippen molar-refractivity contribution in [1.29, 1.82) is 0 Å². The van der Waals surface area contributed by atoms with Crippen molar-refractivity contribution in [2.24, 2.45) is 0 Å². The van der Waals surface area contributed by atoms with Crippen molar-refractivity contribution in [1.82, 2.24) is 9.80 Å². The number of thiophene rings is 1. The fourth-order valence-corrected chi connectivity index (χ4v) is 4.93. The number of carbonyl (C=O) groups excluding carboxylic acids is 2. The molecule has 37 heavy (non-hydrogen) atoms. The zero-order chi connectivity index (χ0) is 26.8. The number of aryl methyl sites for hydroxylation is 1. The van der Waals surface area contributed by atoms with E-state index in [2.05, 4.69) is 0 Å². The number of nitrogens with zero attached hydrogens (tertiary/aromatic N) is 2. The highest BCUT2D eigenvalue weighted by atomic mass is 32.1. The summed E-state index contributed by atoms with van der Waals surface area (Å²) in [4.78, 5) is 32.3. The van der Waals surface area contributed by atoms with Gasteiger partial charge in [-0.05, 0) is 61.7 Å². The van der Waals surface area contributed by atoms with Gasteiger partial charge in [0.15, 0.2) is 11.5 Å². The van der Waals surface area contributed by atoms with Crippen molar-refractivity contribution in [3.8, 4) is 11.5 Å². The summed E-state index contributed by atoms with van der Waals surface area (Å²) in [6.07, 6.45) is 2.18. The molecule has 3 rings (SSSR count). The van der Waals surface area contributed by atoms with Crippen LogP contribution in [0, 0.1) is 12.7 Å². The molecule has 0 aliphatic heterocycles. The van der Waals surface area contributed by atoms with Gasteiger partial charge in [-0.25, -0.2) is 4.39 Å². The van der Waals surface area contributed by atoms with E-state index in [9.17, 15) is 14.0 Å². The lowest BCUT2D eigenvalue weighted by molar-refractivity contribution is -0.132. The van der Waals surface area contributed by atoms with Crippen molar-refractivity contribution in [3.63, 3.8) is 0 Å². The van der Waals surface area contributed by atoms with Crippen LogP contribution >= 0.6 is 11.3 Å². The van der Waals surface area contributed by atoms with Crippen molar-refractivity contribution >= 4 is 23.2 Å². The summed E-state index contributed by atoms with van der Waals surface area (Å²) in [5.74, 6) is 0.0549. The number of hydrogen-bond acceptors (Lipinski definition) is 5. The van der Waals surface area contributed by atoms with Gasteiger partial charge in [-0.1, -0.05) is 31.5 Å². The van der Waals surface area contributed by atoms with Crippen LogP contribution in [0.4, 0.5) is 4.39 Å². The highest BCUT2D eigenvalue weighted by Gasteiger charge is 2.24. The summed E-state index contributed by atoms with van der Waals surface area (Å²) in [7, 11) is 3.18. The average Bonchev–Trinajstić information content (AvgIpc) is 3.32. The van der Waals surface area contributed by atoms with E-state index >= 15 is 0 Å². The maximum absolute atomic E-state index is 14.4. The molecule has 198 valence electrons. The Bertz CT molecular complexity index is 1200. The molecule has 1 aromatic heterocycles. The van der Waals surface area contributed by atoms with Gasteiger partial charge < -0.3 is 19.3 Å². The highest BCUT2D eigenvalue weighted by molar-refractivity contribution is 7.11. The summed E-state index contributed by atoms with van der Waals surface area (Å²) >= 11 is 1.64. The smallest absolute Gasteiger partial charge is 0.257 e. The lowest BCUT2D eigenvalue weighted by atomic mass is 10.1. The van der Waals surface area contributed by atoms with Gasteiger partial charge >= 0.3 is 0 Å². The van der Waals surface area contributed by atoms with E-state index in [1.807, 2.05) is 44.2 Å². The molecule has 2 aromatic carbocycles. The normalized spacial score (nSPS) is 10.7. The molecule has 0 spiro atoms. The van der Waals surface area contributed by atoms with Crippen LogP contribution in [0.5, 0.6) is 11.5 Å². The van der Waals surface area contributed by atoms with Crippen LogP contribution in [-0.4, -0.2) is 55.5 Å². The number of hydrogen-bond donors (Lipinski definition) is 0. The third kappa shape index (κ3) is 7.79. The van der Waals surface area contributed by atoms with E-state index in [0.717, 1.165) is 23.3 Å². The van der Waals surface area contributed by atoms with Gasteiger partial charge in [0.2, 0.25) is 5.91 Å². The zero-order valence-corrected chi connectivity index (χ0v) is 22.8. The lowest BCUT2D eigenvalue weighted by Gasteiger charge is -2.28. The predicted molar refractivity (Wildman–Crippen MR) is 145 cm³/mol. The first kappa shape index (κ1) is 28.2. The second-order valence-electron chi connectivity index (χ2n) is 8.83. The number of unbranched alkanes of at least 4 members (excludes halogenated alkanes) is 1. The molecule has 1 heterocycles. The van der Waals surface area contributed by atoms with Crippen LogP contribution in [0.1, 0.15) is 45.4 Å². The fraction of sp³-hybridized carbons (Fsp3) is 0.379. The molecule has 0 aliphatic rings. The first-order valence-corrected chi connectivity index (χ1v) is 13.3. The number of benzene rings is 2. The molecule has 6 nitrogen and oxygen atoms in total. The van der Waals surface area contributed by atoms with E-state index in [4.69, 9.17) is 9.47 Å². The highest BCUT2D eigenvalue weighted by Crippen LogP contribution is 2.28. The van der Waals surface area contributed by atoms with Crippen LogP contribution < -0.4 is 9.47 Å². The third-order valence-electron chi connectivity index (χ3n) is 6.11. The summed E-state index contributed by atoms with van der Waals surface area (Å²) in [5, 5.41) is 0. The van der Waals surface area contributed by atoms with Gasteiger partial charge in [-0.15, -0.1) is 11.3 Å². The van der Waals surface area contributed by atoms with Gasteiger partial charge in [-0.3, -0.25) is 9.59 Å². The fourth-order valence-electron chi connectivity index (χ4n) is 4.02. The van der Waals surface area contributed by atoms with E-state index in [1.165, 1.54) is 21.9 Å². The van der Waals surface area contributed by atoms with Crippen molar-refractivity contribution in [2.75, 3.05) is 33.9 Å². The van der Waals surface area contributed by atoms with Gasteiger partial charge in [0.05, 0.1) is 26.3 Å². The van der Waals surface area contributed by atoms with Crippen LogP contribution in [-0.2, 0) is 17.8 Å². The molecule has 8 heteroatoms. The minimum Gasteiger partial charge on any atom is -0.493 e. The standard InChI is InChI=1S/C29H35FN2O4S/c1-5-6-16-32(29(34)24-9-7-8-10-25(24)30)20-28(33)31(19-23-13-11-21(2)37-23)17-15-22-12-14-26(35-3)27(18-22)36-4/h7-14,18H,5-6,15-17,19-20H2,1-4H3. The molecule has 0 saturated carbocycles. The molecule has 0 bridgehead atoms. The molecule has 0 N–H and O–H groups in total. The van der Waals surface area contributed by atoms with Crippen molar-refractivity contribution in [2.45, 2.75) is 39.7 Å². The van der Waals surface area contributed by atoms with Gasteiger partial charge in [0.25, 0.3) is 5.91 Å². The minimum absolute atomic E-state index is 0.0165. The first-order chi connectivity index (χ1) is 17.9. The van der Waals surface area contributed by atoms with Crippen LogP contribution in [0.25, 0.3) is 0 Å². The number of methoxy groups -OCH3 is 2. The Labute approximate surface area is 222 Å². The second-order valence-corrected chi connectivity index (χ2v) is 10.2. The number of carbonyl (C=O) groups is 2. The second kappa shape index (κ2) is 13.8. The summed E-state index contributed by atoms with van der Waals surface area (Å²) < 4.78 is 25.1. The molecule has 2 amide bonds. The van der Waals surface area contributed by atoms with Crippen LogP contribution in [0.15, 0.2) is 54.6 Å². The lowest BCUT2D eigenvalue weighted by Crippen LogP contribution is -2.44. The van der Waals surface area contributed by atoms with E-state index in [1.54, 1.807) is 42.6 Å². The molecule has 0 radical (unpaired) electrons. The number of ether oxygens (including phenoxy) is 2. The Hall–Kier alpha value is -3.39. The Balaban J connectivity index is 1.80. The minimum atomic E-state index is -0.583. The molecular weight excluding hydrogens is 491 g/mol. The molecule has 0 fully saturated rings. The predicted octanol–water partition coefficient (Wildman–Crippen LogP) is 5.73. The van der Waals surface area contributed by atoms with E-state index in [0.29, 0.717) is 37.6 Å². The zero-order valence-electron chi connectivity index (χ0n) is 22.0. The van der Waals surface area contributed by atoms with Gasteiger partial charge in [-0.2, -0.15) is 0 Å². The molecule has 0 saturated heterocycles. The molecule has 0 atom stereocenters. The maximum atomic E-state index is 14.4.